The van der Waals surface area contributed by atoms with Gasteiger partial charge in [-0.15, -0.1) is 0 Å². The van der Waals surface area contributed by atoms with Crippen LogP contribution in [0.15, 0.2) is 0 Å². The van der Waals surface area contributed by atoms with Gasteiger partial charge in [0, 0.05) is 5.56 Å². The number of rotatable bonds is 1. The second-order valence-electron chi connectivity index (χ2n) is 2.40. The van der Waals surface area contributed by atoms with Gasteiger partial charge in [-0.2, -0.15) is 0 Å². The summed E-state index contributed by atoms with van der Waals surface area (Å²) in [6.45, 7) is 9.30. The Balaban J connectivity index is 0. The van der Waals surface area contributed by atoms with Gasteiger partial charge in [0.2, 0.25) is 5.82 Å². The molecule has 0 saturated heterocycles. The highest BCUT2D eigenvalue weighted by molar-refractivity contribution is 5.23. The molecule has 0 aromatic heterocycles. The average Bonchev–Trinajstić information content (AvgIpc) is 2.39. The summed E-state index contributed by atoms with van der Waals surface area (Å²) in [6, 6.07) is 0. The first-order valence-corrected chi connectivity index (χ1v) is 5.51. The van der Waals surface area contributed by atoms with E-state index in [4.69, 9.17) is 0 Å². The summed E-state index contributed by atoms with van der Waals surface area (Å²) in [4.78, 5) is 0. The Morgan fingerprint density at radius 3 is 1.06 bits per heavy atom. The van der Waals surface area contributed by atoms with Gasteiger partial charge in [-0.25, -0.2) is 22.0 Å². The van der Waals surface area contributed by atoms with E-state index in [0.29, 0.717) is 0 Å². The predicted octanol–water partition coefficient (Wildman–Crippen LogP) is 5.00. The zero-order valence-corrected chi connectivity index (χ0v) is 10.6. The molecule has 0 bridgehead atoms. The minimum Gasteiger partial charge on any atom is -0.203 e. The summed E-state index contributed by atoms with van der Waals surface area (Å²) in [5.74, 6) is -9.41. The average molecular weight is 256 g/mol. The monoisotopic (exact) mass is 256 g/mol. The molecule has 0 heterocycles. The third-order valence-electron chi connectivity index (χ3n) is 1.65. The van der Waals surface area contributed by atoms with Crippen molar-refractivity contribution in [3.63, 3.8) is 0 Å². The molecular weight excluding hydrogens is 239 g/mol. The van der Waals surface area contributed by atoms with Gasteiger partial charge in [-0.1, -0.05) is 34.6 Å². The van der Waals surface area contributed by atoms with E-state index in [1.165, 1.54) is 6.92 Å². The van der Waals surface area contributed by atoms with Crippen LogP contribution in [0, 0.1) is 29.1 Å². The van der Waals surface area contributed by atoms with Crippen LogP contribution in [0.4, 0.5) is 22.0 Å². The molecule has 0 N–H and O–H groups in total. The molecule has 0 nitrogen and oxygen atoms in total. The lowest BCUT2D eigenvalue weighted by Crippen LogP contribution is -2.05. The minimum atomic E-state index is -2.12. The molecule has 1 aromatic rings. The third kappa shape index (κ3) is 3.98. The van der Waals surface area contributed by atoms with Crippen molar-refractivity contribution in [2.75, 3.05) is 0 Å². The van der Waals surface area contributed by atoms with E-state index in [1.54, 1.807) is 0 Å². The van der Waals surface area contributed by atoms with Crippen LogP contribution in [-0.2, 0) is 6.42 Å². The quantitative estimate of drug-likeness (QED) is 0.377. The first-order chi connectivity index (χ1) is 8.00. The lowest BCUT2D eigenvalue weighted by Gasteiger charge is -2.04. The lowest BCUT2D eigenvalue weighted by atomic mass is 10.1. The fourth-order valence-electron chi connectivity index (χ4n) is 0.961. The molecule has 17 heavy (non-hydrogen) atoms. The van der Waals surface area contributed by atoms with Gasteiger partial charge < -0.3 is 0 Å². The first-order valence-electron chi connectivity index (χ1n) is 5.51. The first kappa shape index (κ1) is 18.2. The Morgan fingerprint density at radius 2 is 0.824 bits per heavy atom. The van der Waals surface area contributed by atoms with Crippen molar-refractivity contribution < 1.29 is 22.0 Å². The number of hydrogen-bond donors (Lipinski definition) is 0. The van der Waals surface area contributed by atoms with E-state index in [-0.39, 0.29) is 6.42 Å². The van der Waals surface area contributed by atoms with Crippen molar-refractivity contribution in [2.45, 2.75) is 41.0 Å². The van der Waals surface area contributed by atoms with Crippen LogP contribution in [0.25, 0.3) is 0 Å². The predicted molar refractivity (Wildman–Crippen MR) is 58.3 cm³/mol. The molecule has 0 amide bonds. The van der Waals surface area contributed by atoms with Crippen LogP contribution in [-0.4, -0.2) is 0 Å². The molecule has 1 rings (SSSR count). The Bertz CT molecular complexity index is 318. The second-order valence-corrected chi connectivity index (χ2v) is 2.40. The molecule has 0 aliphatic rings. The normalized spacial score (nSPS) is 8.82. The van der Waals surface area contributed by atoms with Crippen LogP contribution >= 0.6 is 0 Å². The van der Waals surface area contributed by atoms with E-state index in [2.05, 4.69) is 0 Å². The molecule has 0 saturated carbocycles. The molecule has 0 unspecified atom stereocenters. The maximum absolute atomic E-state index is 12.7. The van der Waals surface area contributed by atoms with E-state index >= 15 is 0 Å². The van der Waals surface area contributed by atoms with E-state index in [9.17, 15) is 22.0 Å². The molecule has 1 aromatic carbocycles. The van der Waals surface area contributed by atoms with Crippen LogP contribution in [0.1, 0.15) is 40.2 Å². The Hall–Kier alpha value is -1.13. The largest absolute Gasteiger partial charge is 0.203 e. The zero-order valence-electron chi connectivity index (χ0n) is 10.6. The molecular formula is C12H17F5. The Kier molecular flexibility index (Phi) is 9.61. The summed E-state index contributed by atoms with van der Waals surface area (Å²) >= 11 is 0. The van der Waals surface area contributed by atoms with Crippen molar-refractivity contribution in [1.82, 2.24) is 0 Å². The van der Waals surface area contributed by atoms with Crippen molar-refractivity contribution in [3.05, 3.63) is 34.6 Å². The summed E-state index contributed by atoms with van der Waals surface area (Å²) in [5, 5.41) is 0. The van der Waals surface area contributed by atoms with Gasteiger partial charge in [-0.05, 0) is 6.42 Å². The zero-order chi connectivity index (χ0) is 14.2. The van der Waals surface area contributed by atoms with Gasteiger partial charge in [0.1, 0.15) is 0 Å². The highest BCUT2D eigenvalue weighted by Gasteiger charge is 2.24. The molecule has 5 heteroatoms. The summed E-state index contributed by atoms with van der Waals surface area (Å²) in [5.41, 5.74) is -0.781. The SMILES string of the molecule is CC.CC.CCc1c(F)c(F)c(F)c(F)c1F. The topological polar surface area (TPSA) is 0 Å². The number of benzene rings is 1. The van der Waals surface area contributed by atoms with Crippen LogP contribution < -0.4 is 0 Å². The highest BCUT2D eigenvalue weighted by Crippen LogP contribution is 2.22. The Morgan fingerprint density at radius 1 is 0.588 bits per heavy atom. The fraction of sp³-hybridized carbons (Fsp3) is 0.500. The fourth-order valence-corrected chi connectivity index (χ4v) is 0.961. The number of halogens is 5. The van der Waals surface area contributed by atoms with E-state index < -0.39 is 34.6 Å². The smallest absolute Gasteiger partial charge is 0.200 e. The van der Waals surface area contributed by atoms with Gasteiger partial charge >= 0.3 is 0 Å². The third-order valence-corrected chi connectivity index (χ3v) is 1.65. The number of hydrogen-bond acceptors (Lipinski definition) is 0. The molecule has 0 fully saturated rings. The maximum atomic E-state index is 12.7. The maximum Gasteiger partial charge on any atom is 0.200 e. The molecule has 0 atom stereocenters. The van der Waals surface area contributed by atoms with Gasteiger partial charge in [0.05, 0.1) is 0 Å². The van der Waals surface area contributed by atoms with Crippen LogP contribution in [0.2, 0.25) is 0 Å². The molecule has 0 radical (unpaired) electrons. The van der Waals surface area contributed by atoms with E-state index in [0.717, 1.165) is 0 Å². The summed E-state index contributed by atoms with van der Waals surface area (Å²) in [7, 11) is 0. The lowest BCUT2D eigenvalue weighted by molar-refractivity contribution is 0.370. The highest BCUT2D eigenvalue weighted by atomic mass is 19.2. The van der Waals surface area contributed by atoms with Crippen LogP contribution in [0.3, 0.4) is 0 Å². The Labute approximate surface area is 98.5 Å². The van der Waals surface area contributed by atoms with Crippen LogP contribution in [0.5, 0.6) is 0 Å². The van der Waals surface area contributed by atoms with Gasteiger partial charge in [0.15, 0.2) is 23.3 Å². The van der Waals surface area contributed by atoms with Crippen molar-refractivity contribution in [3.8, 4) is 0 Å². The van der Waals surface area contributed by atoms with Crippen molar-refractivity contribution in [1.29, 1.82) is 0 Å². The molecule has 0 aliphatic heterocycles. The van der Waals surface area contributed by atoms with E-state index in [1.807, 2.05) is 27.7 Å². The van der Waals surface area contributed by atoms with Gasteiger partial charge in [0.25, 0.3) is 0 Å². The minimum absolute atomic E-state index is 0.244. The summed E-state index contributed by atoms with van der Waals surface area (Å²) < 4.78 is 62.6. The second kappa shape index (κ2) is 8.96. The van der Waals surface area contributed by atoms with Crippen molar-refractivity contribution in [2.24, 2.45) is 0 Å². The molecule has 0 aliphatic carbocycles. The summed E-state index contributed by atoms with van der Waals surface area (Å²) in [6.07, 6.45) is -0.244. The molecule has 0 spiro atoms. The van der Waals surface area contributed by atoms with Gasteiger partial charge in [-0.3, -0.25) is 0 Å². The standard InChI is InChI=1S/C8H5F5.2C2H6/c1-2-3-4(9)6(11)8(13)7(12)5(3)10;2*1-2/h2H2,1H3;2*1-2H3. The van der Waals surface area contributed by atoms with Crippen molar-refractivity contribution >= 4 is 0 Å². The molecule has 100 valence electrons.